The number of methoxy groups -OCH3 is 1. The Morgan fingerprint density at radius 3 is 2.33 bits per heavy atom. The Kier molecular flexibility index (Phi) is 10.6. The molecular weight excluding hydrogens is 530 g/mol. The van der Waals surface area contributed by atoms with Crippen LogP contribution in [0.1, 0.15) is 31.9 Å². The maximum absolute atomic E-state index is 14.0. The molecule has 10 heteroatoms. The molecule has 0 aliphatic rings. The fraction of sp³-hybridized carbons (Fsp3) is 0.333. The lowest BCUT2D eigenvalue weighted by molar-refractivity contribution is -0.139. The van der Waals surface area contributed by atoms with Crippen molar-refractivity contribution in [3.63, 3.8) is 0 Å². The molecule has 2 amide bonds. The van der Waals surface area contributed by atoms with Crippen molar-refractivity contribution in [1.29, 1.82) is 0 Å². The molecule has 0 aliphatic heterocycles. The number of sulfonamides is 1. The maximum atomic E-state index is 14.0. The van der Waals surface area contributed by atoms with E-state index in [4.69, 9.17) is 9.47 Å². The number of benzene rings is 3. The summed E-state index contributed by atoms with van der Waals surface area (Å²) in [4.78, 5) is 28.3. The minimum Gasteiger partial charge on any atom is -0.497 e. The van der Waals surface area contributed by atoms with Crippen LogP contribution in [0.3, 0.4) is 0 Å². The lowest BCUT2D eigenvalue weighted by Gasteiger charge is -2.32. The Morgan fingerprint density at radius 2 is 1.68 bits per heavy atom. The van der Waals surface area contributed by atoms with Crippen LogP contribution in [0.5, 0.6) is 11.5 Å². The van der Waals surface area contributed by atoms with Gasteiger partial charge in [-0.2, -0.15) is 0 Å². The van der Waals surface area contributed by atoms with E-state index in [9.17, 15) is 18.0 Å². The molecule has 0 aliphatic carbocycles. The van der Waals surface area contributed by atoms with Crippen molar-refractivity contribution in [3.05, 3.63) is 83.9 Å². The highest BCUT2D eigenvalue weighted by atomic mass is 32.2. The van der Waals surface area contributed by atoms with E-state index in [1.165, 1.54) is 17.0 Å². The molecule has 9 nitrogen and oxygen atoms in total. The van der Waals surface area contributed by atoms with E-state index < -0.39 is 28.5 Å². The fourth-order valence-corrected chi connectivity index (χ4v) is 5.59. The molecule has 40 heavy (non-hydrogen) atoms. The topological polar surface area (TPSA) is 105 Å². The van der Waals surface area contributed by atoms with Gasteiger partial charge in [0.25, 0.3) is 10.0 Å². The van der Waals surface area contributed by atoms with Crippen LogP contribution < -0.4 is 19.1 Å². The molecule has 0 bridgehead atoms. The van der Waals surface area contributed by atoms with Crippen LogP contribution in [0.15, 0.2) is 77.7 Å². The van der Waals surface area contributed by atoms with Crippen molar-refractivity contribution in [1.82, 2.24) is 10.2 Å². The summed E-state index contributed by atoms with van der Waals surface area (Å²) in [5.74, 6) is 0.0272. The molecule has 0 spiro atoms. The minimum absolute atomic E-state index is 0.0355. The number of rotatable bonds is 13. The SMILES string of the molecule is CCNC(=O)[C@@H](C)N(Cc1cccc(OC)c1)C(=O)CN(c1ccccc1OCC)S(=O)(=O)c1ccc(C)cc1. The van der Waals surface area contributed by atoms with Crippen molar-refractivity contribution < 1.29 is 27.5 Å². The number of carbonyl (C=O) groups excluding carboxylic acids is 2. The van der Waals surface area contributed by atoms with E-state index in [2.05, 4.69) is 5.32 Å². The average Bonchev–Trinajstić information content (AvgIpc) is 2.95. The Balaban J connectivity index is 2.08. The van der Waals surface area contributed by atoms with Crippen molar-refractivity contribution in [2.75, 3.05) is 31.1 Å². The number of anilines is 1. The van der Waals surface area contributed by atoms with Gasteiger partial charge in [-0.25, -0.2) is 8.42 Å². The minimum atomic E-state index is -4.19. The number of aryl methyl sites for hydroxylation is 1. The normalized spacial score (nSPS) is 11.8. The third-order valence-electron chi connectivity index (χ3n) is 6.33. The van der Waals surface area contributed by atoms with E-state index in [1.807, 2.05) is 13.0 Å². The predicted molar refractivity (Wildman–Crippen MR) is 155 cm³/mol. The number of ether oxygens (including phenoxy) is 2. The highest BCUT2D eigenvalue weighted by molar-refractivity contribution is 7.92. The summed E-state index contributed by atoms with van der Waals surface area (Å²) in [6.07, 6.45) is 0. The second kappa shape index (κ2) is 13.8. The number of para-hydroxylation sites is 2. The van der Waals surface area contributed by atoms with Gasteiger partial charge in [0.1, 0.15) is 24.1 Å². The van der Waals surface area contributed by atoms with Crippen LogP contribution in [0, 0.1) is 6.92 Å². The first-order valence-corrected chi connectivity index (χ1v) is 14.6. The number of nitrogens with zero attached hydrogens (tertiary/aromatic N) is 2. The predicted octanol–water partition coefficient (Wildman–Crippen LogP) is 4.15. The summed E-state index contributed by atoms with van der Waals surface area (Å²) < 4.78 is 40.1. The van der Waals surface area contributed by atoms with Gasteiger partial charge in [-0.3, -0.25) is 13.9 Å². The molecule has 0 aromatic heterocycles. The molecule has 0 heterocycles. The zero-order chi connectivity index (χ0) is 29.3. The molecule has 0 saturated carbocycles. The number of amides is 2. The van der Waals surface area contributed by atoms with E-state index in [-0.39, 0.29) is 23.0 Å². The molecule has 3 aromatic rings. The standard InChI is InChI=1S/C30H37N3O6S/c1-6-31-30(35)23(4)32(20-24-11-10-12-25(19-24)38-5)29(34)21-33(27-13-8-9-14-28(27)39-7-2)40(36,37)26-17-15-22(3)16-18-26/h8-19,23H,6-7,20-21H2,1-5H3,(H,31,35)/t23-/m1/s1. The first kappa shape index (κ1) is 30.5. The molecule has 1 N–H and O–H groups in total. The first-order chi connectivity index (χ1) is 19.1. The molecule has 214 valence electrons. The monoisotopic (exact) mass is 567 g/mol. The summed E-state index contributed by atoms with van der Waals surface area (Å²) >= 11 is 0. The highest BCUT2D eigenvalue weighted by Crippen LogP contribution is 2.33. The molecule has 1 atom stereocenters. The number of nitrogens with one attached hydrogen (secondary N) is 1. The zero-order valence-corrected chi connectivity index (χ0v) is 24.4. The van der Waals surface area contributed by atoms with Gasteiger partial charge in [0.15, 0.2) is 0 Å². The van der Waals surface area contributed by atoms with Crippen LogP contribution in [-0.4, -0.2) is 58.0 Å². The van der Waals surface area contributed by atoms with Crippen molar-refractivity contribution in [2.24, 2.45) is 0 Å². The third-order valence-corrected chi connectivity index (χ3v) is 8.10. The van der Waals surface area contributed by atoms with Gasteiger partial charge in [0.2, 0.25) is 11.8 Å². The van der Waals surface area contributed by atoms with E-state index >= 15 is 0 Å². The summed E-state index contributed by atoms with van der Waals surface area (Å²) in [6, 6.07) is 19.4. The number of hydrogen-bond donors (Lipinski definition) is 1. The quantitative estimate of drug-likeness (QED) is 0.333. The van der Waals surface area contributed by atoms with Crippen LogP contribution in [0.2, 0.25) is 0 Å². The fourth-order valence-electron chi connectivity index (χ4n) is 4.16. The van der Waals surface area contributed by atoms with Crippen molar-refractivity contribution >= 4 is 27.5 Å². The van der Waals surface area contributed by atoms with Gasteiger partial charge < -0.3 is 19.7 Å². The van der Waals surface area contributed by atoms with Gasteiger partial charge in [0.05, 0.1) is 24.3 Å². The van der Waals surface area contributed by atoms with Gasteiger partial charge in [0, 0.05) is 13.1 Å². The lowest BCUT2D eigenvalue weighted by atomic mass is 10.1. The zero-order valence-electron chi connectivity index (χ0n) is 23.6. The molecule has 0 radical (unpaired) electrons. The Bertz CT molecular complexity index is 1410. The lowest BCUT2D eigenvalue weighted by Crippen LogP contribution is -2.51. The molecule has 3 aromatic carbocycles. The summed E-state index contributed by atoms with van der Waals surface area (Å²) in [5.41, 5.74) is 1.85. The second-order valence-corrected chi connectivity index (χ2v) is 11.0. The summed E-state index contributed by atoms with van der Waals surface area (Å²) in [6.45, 7) is 7.29. The molecular formula is C30H37N3O6S. The molecule has 3 rings (SSSR count). The van der Waals surface area contributed by atoms with Crippen LogP contribution >= 0.6 is 0 Å². The summed E-state index contributed by atoms with van der Waals surface area (Å²) in [7, 11) is -2.65. The first-order valence-electron chi connectivity index (χ1n) is 13.1. The number of likely N-dealkylation sites (N-methyl/N-ethyl adjacent to an activating group) is 1. The Hall–Kier alpha value is -4.05. The van der Waals surface area contributed by atoms with Gasteiger partial charge in [-0.05, 0) is 69.7 Å². The van der Waals surface area contributed by atoms with Crippen LogP contribution in [0.25, 0.3) is 0 Å². The van der Waals surface area contributed by atoms with E-state index in [0.29, 0.717) is 24.7 Å². The third kappa shape index (κ3) is 7.32. The van der Waals surface area contributed by atoms with E-state index in [0.717, 1.165) is 15.4 Å². The Morgan fingerprint density at radius 1 is 0.975 bits per heavy atom. The van der Waals surface area contributed by atoms with Crippen LogP contribution in [0.4, 0.5) is 5.69 Å². The van der Waals surface area contributed by atoms with Gasteiger partial charge >= 0.3 is 0 Å². The number of carbonyl (C=O) groups is 2. The molecule has 0 fully saturated rings. The van der Waals surface area contributed by atoms with Crippen molar-refractivity contribution in [3.8, 4) is 11.5 Å². The smallest absolute Gasteiger partial charge is 0.264 e. The van der Waals surface area contributed by atoms with Gasteiger partial charge in [-0.1, -0.05) is 42.0 Å². The van der Waals surface area contributed by atoms with E-state index in [1.54, 1.807) is 82.5 Å². The molecule has 0 unspecified atom stereocenters. The Labute approximate surface area is 236 Å². The van der Waals surface area contributed by atoms with Crippen LogP contribution in [-0.2, 0) is 26.2 Å². The largest absolute Gasteiger partial charge is 0.497 e. The molecule has 0 saturated heterocycles. The summed E-state index contributed by atoms with van der Waals surface area (Å²) in [5, 5.41) is 2.75. The number of hydrogen-bond acceptors (Lipinski definition) is 6. The highest BCUT2D eigenvalue weighted by Gasteiger charge is 2.33. The maximum Gasteiger partial charge on any atom is 0.264 e. The second-order valence-electron chi connectivity index (χ2n) is 9.17. The average molecular weight is 568 g/mol. The van der Waals surface area contributed by atoms with Crippen molar-refractivity contribution in [2.45, 2.75) is 45.2 Å². The van der Waals surface area contributed by atoms with Gasteiger partial charge in [-0.15, -0.1) is 0 Å².